The number of rotatable bonds is 5. The van der Waals surface area contributed by atoms with Gasteiger partial charge in [0.25, 0.3) is 5.92 Å². The van der Waals surface area contributed by atoms with Gasteiger partial charge >= 0.3 is 0 Å². The summed E-state index contributed by atoms with van der Waals surface area (Å²) < 4.78 is 27.5. The van der Waals surface area contributed by atoms with Crippen molar-refractivity contribution in [2.75, 3.05) is 5.32 Å². The number of hydrogen-bond donors (Lipinski definition) is 2. The Hall–Kier alpha value is -3.57. The SMILES string of the molecule is CC(F)(F)c1cnc2[nH]cc(-c3nc(NCc4ccc(Cl)cc4)ncc3C#N)c2c1. The number of hydrogen-bond acceptors (Lipinski definition) is 5. The molecular weight excluding hydrogens is 410 g/mol. The maximum atomic E-state index is 13.8. The zero-order valence-corrected chi connectivity index (χ0v) is 16.5. The van der Waals surface area contributed by atoms with Crippen LogP contribution in [0, 0.1) is 11.3 Å². The number of anilines is 1. The van der Waals surface area contributed by atoms with E-state index in [2.05, 4.69) is 31.3 Å². The molecule has 3 aromatic heterocycles. The summed E-state index contributed by atoms with van der Waals surface area (Å²) in [6, 6.07) is 10.7. The zero-order chi connectivity index (χ0) is 21.3. The molecule has 0 radical (unpaired) electrons. The Kier molecular flexibility index (Phi) is 5.06. The van der Waals surface area contributed by atoms with E-state index in [1.807, 2.05) is 12.1 Å². The van der Waals surface area contributed by atoms with Crippen molar-refractivity contribution in [3.63, 3.8) is 0 Å². The lowest BCUT2D eigenvalue weighted by atomic mass is 10.1. The van der Waals surface area contributed by atoms with Gasteiger partial charge in [-0.25, -0.2) is 23.7 Å². The normalized spacial score (nSPS) is 11.4. The van der Waals surface area contributed by atoms with E-state index in [0.717, 1.165) is 18.7 Å². The molecule has 0 unspecified atom stereocenters. The highest BCUT2D eigenvalue weighted by Gasteiger charge is 2.26. The molecule has 9 heteroatoms. The van der Waals surface area contributed by atoms with Crippen molar-refractivity contribution < 1.29 is 8.78 Å². The molecule has 6 nitrogen and oxygen atoms in total. The van der Waals surface area contributed by atoms with Gasteiger partial charge < -0.3 is 10.3 Å². The van der Waals surface area contributed by atoms with Crippen LogP contribution in [0.1, 0.15) is 23.6 Å². The molecule has 0 saturated heterocycles. The lowest BCUT2D eigenvalue weighted by molar-refractivity contribution is 0.0173. The fraction of sp³-hybridized carbons (Fsp3) is 0.143. The lowest BCUT2D eigenvalue weighted by Crippen LogP contribution is -2.07. The smallest absolute Gasteiger partial charge is 0.272 e. The van der Waals surface area contributed by atoms with Gasteiger partial charge in [-0.15, -0.1) is 0 Å². The Morgan fingerprint density at radius 3 is 2.67 bits per heavy atom. The monoisotopic (exact) mass is 424 g/mol. The van der Waals surface area contributed by atoms with Gasteiger partial charge in [-0.2, -0.15) is 5.26 Å². The number of halogens is 3. The summed E-state index contributed by atoms with van der Waals surface area (Å²) in [6.45, 7) is 1.26. The maximum absolute atomic E-state index is 13.8. The van der Waals surface area contributed by atoms with Gasteiger partial charge in [0.05, 0.1) is 17.5 Å². The Labute approximate surface area is 175 Å². The molecule has 30 heavy (non-hydrogen) atoms. The van der Waals surface area contributed by atoms with Crippen LogP contribution in [0.15, 0.2) is 48.9 Å². The van der Waals surface area contributed by atoms with Crippen LogP contribution in [0.4, 0.5) is 14.7 Å². The highest BCUT2D eigenvalue weighted by Crippen LogP contribution is 2.33. The summed E-state index contributed by atoms with van der Waals surface area (Å²) in [6.07, 6.45) is 4.13. The van der Waals surface area contributed by atoms with Gasteiger partial charge in [0.2, 0.25) is 5.95 Å². The molecule has 0 aliphatic rings. The van der Waals surface area contributed by atoms with Crippen molar-refractivity contribution in [3.8, 4) is 17.3 Å². The van der Waals surface area contributed by atoms with Crippen molar-refractivity contribution in [1.29, 1.82) is 5.26 Å². The fourth-order valence-electron chi connectivity index (χ4n) is 2.98. The van der Waals surface area contributed by atoms with Gasteiger partial charge in [0.1, 0.15) is 11.7 Å². The van der Waals surface area contributed by atoms with E-state index in [1.54, 1.807) is 18.3 Å². The number of fused-ring (bicyclic) bond motifs is 1. The standard InChI is InChI=1S/C21H15ClF2N6/c1-21(23,24)14-6-16-17(11-27-19(16)26-10-14)18-13(7-25)9-29-20(30-18)28-8-12-2-4-15(22)5-3-12/h2-6,9-11H,8H2,1H3,(H,26,27)(H,28,29,30). The first-order chi connectivity index (χ1) is 14.3. The van der Waals surface area contributed by atoms with E-state index in [4.69, 9.17) is 11.6 Å². The van der Waals surface area contributed by atoms with E-state index in [1.165, 1.54) is 12.3 Å². The molecule has 0 bridgehead atoms. The van der Waals surface area contributed by atoms with Crippen molar-refractivity contribution in [2.24, 2.45) is 0 Å². The molecule has 4 aromatic rings. The molecule has 0 atom stereocenters. The van der Waals surface area contributed by atoms with Crippen molar-refractivity contribution >= 4 is 28.6 Å². The zero-order valence-electron chi connectivity index (χ0n) is 15.7. The summed E-state index contributed by atoms with van der Waals surface area (Å²) in [4.78, 5) is 15.6. The predicted octanol–water partition coefficient (Wildman–Crippen LogP) is 5.27. The molecule has 0 aliphatic heterocycles. The number of nitrogens with zero attached hydrogens (tertiary/aromatic N) is 4. The molecular formula is C21H15ClF2N6. The average Bonchev–Trinajstić information content (AvgIpc) is 3.15. The lowest BCUT2D eigenvalue weighted by Gasteiger charge is -2.11. The molecule has 0 spiro atoms. The third-order valence-corrected chi connectivity index (χ3v) is 4.82. The van der Waals surface area contributed by atoms with Gasteiger partial charge in [-0.05, 0) is 23.8 Å². The molecule has 1 aromatic carbocycles. The van der Waals surface area contributed by atoms with Gasteiger partial charge in [0.15, 0.2) is 0 Å². The molecule has 2 N–H and O–H groups in total. The number of nitrogens with one attached hydrogen (secondary N) is 2. The van der Waals surface area contributed by atoms with Gasteiger partial charge in [-0.1, -0.05) is 23.7 Å². The van der Waals surface area contributed by atoms with E-state index >= 15 is 0 Å². The Morgan fingerprint density at radius 2 is 1.97 bits per heavy atom. The summed E-state index contributed by atoms with van der Waals surface area (Å²) in [7, 11) is 0. The first kappa shape index (κ1) is 19.7. The summed E-state index contributed by atoms with van der Waals surface area (Å²) in [5.74, 6) is -2.73. The summed E-state index contributed by atoms with van der Waals surface area (Å²) >= 11 is 5.90. The minimum atomic E-state index is -3.04. The molecule has 0 saturated carbocycles. The highest BCUT2D eigenvalue weighted by molar-refractivity contribution is 6.30. The highest BCUT2D eigenvalue weighted by atomic mass is 35.5. The topological polar surface area (TPSA) is 90.3 Å². The van der Waals surface area contributed by atoms with E-state index in [0.29, 0.717) is 39.8 Å². The molecule has 3 heterocycles. The van der Waals surface area contributed by atoms with E-state index in [-0.39, 0.29) is 11.1 Å². The molecule has 0 aliphatic carbocycles. The molecule has 0 amide bonds. The number of benzene rings is 1. The molecule has 150 valence electrons. The number of nitriles is 1. The predicted molar refractivity (Wildman–Crippen MR) is 110 cm³/mol. The first-order valence-electron chi connectivity index (χ1n) is 8.96. The van der Waals surface area contributed by atoms with Crippen molar-refractivity contribution in [3.05, 3.63) is 70.6 Å². The second kappa shape index (κ2) is 7.69. The van der Waals surface area contributed by atoms with E-state index < -0.39 is 5.92 Å². The average molecular weight is 425 g/mol. The molecule has 4 rings (SSSR count). The van der Waals surface area contributed by atoms with E-state index in [9.17, 15) is 14.0 Å². The Balaban J connectivity index is 1.72. The van der Waals surface area contributed by atoms with Crippen LogP contribution < -0.4 is 5.32 Å². The van der Waals surface area contributed by atoms with Crippen LogP contribution in [-0.4, -0.2) is 19.9 Å². The number of aromatic amines is 1. The van der Waals surface area contributed by atoms with Gasteiger partial charge in [0, 0.05) is 47.4 Å². The fourth-order valence-corrected chi connectivity index (χ4v) is 3.10. The second-order valence-corrected chi connectivity index (χ2v) is 7.20. The van der Waals surface area contributed by atoms with Crippen LogP contribution >= 0.6 is 11.6 Å². The number of alkyl halides is 2. The third-order valence-electron chi connectivity index (χ3n) is 4.57. The van der Waals surface area contributed by atoms with Gasteiger partial charge in [-0.3, -0.25) is 0 Å². The van der Waals surface area contributed by atoms with Crippen molar-refractivity contribution in [2.45, 2.75) is 19.4 Å². The molecule has 0 fully saturated rings. The largest absolute Gasteiger partial charge is 0.350 e. The minimum absolute atomic E-state index is 0.218. The summed E-state index contributed by atoms with van der Waals surface area (Å²) in [5, 5.41) is 13.7. The third kappa shape index (κ3) is 3.93. The minimum Gasteiger partial charge on any atom is -0.350 e. The summed E-state index contributed by atoms with van der Waals surface area (Å²) in [5.41, 5.74) is 2.23. The number of H-pyrrole nitrogens is 1. The van der Waals surface area contributed by atoms with Crippen molar-refractivity contribution in [1.82, 2.24) is 19.9 Å². The first-order valence-corrected chi connectivity index (χ1v) is 9.34. The van der Waals surface area contributed by atoms with Crippen LogP contribution in [0.25, 0.3) is 22.3 Å². The van der Waals surface area contributed by atoms with Crippen LogP contribution in [-0.2, 0) is 12.5 Å². The Bertz CT molecular complexity index is 1260. The van der Waals surface area contributed by atoms with Crippen LogP contribution in [0.5, 0.6) is 0 Å². The van der Waals surface area contributed by atoms with Crippen LogP contribution in [0.3, 0.4) is 0 Å². The quantitative estimate of drug-likeness (QED) is 0.455. The number of pyridine rings is 1. The Morgan fingerprint density at radius 1 is 1.20 bits per heavy atom. The second-order valence-electron chi connectivity index (χ2n) is 6.76. The van der Waals surface area contributed by atoms with Crippen LogP contribution in [0.2, 0.25) is 5.02 Å². The number of aromatic nitrogens is 4. The maximum Gasteiger partial charge on any atom is 0.272 e.